The zero-order valence-electron chi connectivity index (χ0n) is 10.4. The second kappa shape index (κ2) is 6.52. The van der Waals surface area contributed by atoms with Gasteiger partial charge in [-0.2, -0.15) is 0 Å². The predicted molar refractivity (Wildman–Crippen MR) is 86.3 cm³/mol. The molecule has 0 aliphatic heterocycles. The molecule has 0 aliphatic rings. The molecule has 0 radical (unpaired) electrons. The molecular formula is C13H9BrCl2FNO2S. The standard InChI is InChI=1S/C13H9BrCl2FNO2S/c14-7-8-1-3-9(4-2-8)18-21(19,20)11-6-5-10(15)13(17)12(11)16/h1-6,18H,7H2. The second-order valence-electron chi connectivity index (χ2n) is 4.11. The van der Waals surface area contributed by atoms with E-state index in [0.717, 1.165) is 17.7 Å². The Bertz CT molecular complexity index is 766. The van der Waals surface area contributed by atoms with E-state index in [1.807, 2.05) is 0 Å². The van der Waals surface area contributed by atoms with Gasteiger partial charge in [-0.3, -0.25) is 4.72 Å². The lowest BCUT2D eigenvalue weighted by Crippen LogP contribution is -2.14. The first-order chi connectivity index (χ1) is 9.85. The normalized spacial score (nSPS) is 11.4. The van der Waals surface area contributed by atoms with E-state index in [9.17, 15) is 12.8 Å². The molecule has 2 rings (SSSR count). The van der Waals surface area contributed by atoms with E-state index in [0.29, 0.717) is 11.0 Å². The number of hydrogen-bond acceptors (Lipinski definition) is 2. The van der Waals surface area contributed by atoms with Crippen molar-refractivity contribution in [1.82, 2.24) is 0 Å². The topological polar surface area (TPSA) is 46.2 Å². The zero-order chi connectivity index (χ0) is 15.6. The van der Waals surface area contributed by atoms with Crippen LogP contribution in [0.15, 0.2) is 41.3 Å². The lowest BCUT2D eigenvalue weighted by molar-refractivity contribution is 0.595. The molecule has 0 aromatic heterocycles. The molecule has 1 N–H and O–H groups in total. The molecule has 0 fully saturated rings. The lowest BCUT2D eigenvalue weighted by atomic mass is 10.2. The molecule has 21 heavy (non-hydrogen) atoms. The minimum absolute atomic E-state index is 0.236. The van der Waals surface area contributed by atoms with Crippen LogP contribution < -0.4 is 4.72 Å². The Morgan fingerprint density at radius 2 is 1.71 bits per heavy atom. The van der Waals surface area contributed by atoms with E-state index in [2.05, 4.69) is 20.7 Å². The van der Waals surface area contributed by atoms with Crippen molar-refractivity contribution in [1.29, 1.82) is 0 Å². The van der Waals surface area contributed by atoms with Crippen LogP contribution in [0.2, 0.25) is 10.0 Å². The summed E-state index contributed by atoms with van der Waals surface area (Å²) in [4.78, 5) is -0.365. The number of hydrogen-bond donors (Lipinski definition) is 1. The fraction of sp³-hybridized carbons (Fsp3) is 0.0769. The first-order valence-corrected chi connectivity index (χ1v) is 9.02. The minimum Gasteiger partial charge on any atom is -0.280 e. The van der Waals surface area contributed by atoms with Gasteiger partial charge in [-0.1, -0.05) is 51.3 Å². The van der Waals surface area contributed by atoms with Gasteiger partial charge in [-0.15, -0.1) is 0 Å². The molecular weight excluding hydrogens is 404 g/mol. The highest BCUT2D eigenvalue weighted by Gasteiger charge is 2.22. The van der Waals surface area contributed by atoms with E-state index < -0.39 is 20.9 Å². The van der Waals surface area contributed by atoms with Gasteiger partial charge in [0.05, 0.1) is 10.0 Å². The van der Waals surface area contributed by atoms with Crippen LogP contribution in [0.3, 0.4) is 0 Å². The third-order valence-electron chi connectivity index (χ3n) is 2.65. The molecule has 0 atom stereocenters. The molecule has 0 aliphatic carbocycles. The van der Waals surface area contributed by atoms with Crippen LogP contribution in [0.4, 0.5) is 10.1 Å². The number of rotatable bonds is 4. The summed E-state index contributed by atoms with van der Waals surface area (Å²) in [7, 11) is -4.00. The van der Waals surface area contributed by atoms with E-state index in [1.54, 1.807) is 24.3 Å². The van der Waals surface area contributed by atoms with Crippen molar-refractivity contribution < 1.29 is 12.8 Å². The van der Waals surface area contributed by atoms with E-state index in [4.69, 9.17) is 23.2 Å². The molecule has 0 saturated carbocycles. The largest absolute Gasteiger partial charge is 0.280 e. The Balaban J connectivity index is 2.36. The number of sulfonamides is 1. The first-order valence-electron chi connectivity index (χ1n) is 5.66. The Labute approximate surface area is 140 Å². The molecule has 0 unspecified atom stereocenters. The van der Waals surface area contributed by atoms with Gasteiger partial charge < -0.3 is 0 Å². The van der Waals surface area contributed by atoms with Crippen molar-refractivity contribution in [2.45, 2.75) is 10.2 Å². The third-order valence-corrected chi connectivity index (χ3v) is 5.49. The quantitative estimate of drug-likeness (QED) is 0.577. The summed E-state index contributed by atoms with van der Waals surface area (Å²) in [5.74, 6) is -0.962. The summed E-state index contributed by atoms with van der Waals surface area (Å²) < 4.78 is 40.4. The number of anilines is 1. The first kappa shape index (κ1) is 16.5. The zero-order valence-corrected chi connectivity index (χ0v) is 14.3. The summed E-state index contributed by atoms with van der Waals surface area (Å²) in [6, 6.07) is 9.03. The van der Waals surface area contributed by atoms with Gasteiger partial charge in [0, 0.05) is 11.0 Å². The van der Waals surface area contributed by atoms with E-state index in [1.165, 1.54) is 0 Å². The van der Waals surface area contributed by atoms with Crippen molar-refractivity contribution in [2.24, 2.45) is 0 Å². The maximum absolute atomic E-state index is 13.6. The number of halogens is 4. The van der Waals surface area contributed by atoms with Crippen molar-refractivity contribution in [3.63, 3.8) is 0 Å². The molecule has 0 saturated heterocycles. The average molecular weight is 413 g/mol. The van der Waals surface area contributed by atoms with Crippen LogP contribution in [0.5, 0.6) is 0 Å². The maximum Gasteiger partial charge on any atom is 0.263 e. The van der Waals surface area contributed by atoms with Crippen molar-refractivity contribution in [2.75, 3.05) is 4.72 Å². The SMILES string of the molecule is O=S(=O)(Nc1ccc(CBr)cc1)c1ccc(Cl)c(F)c1Cl. The fourth-order valence-corrected chi connectivity index (χ4v) is 3.77. The highest BCUT2D eigenvalue weighted by molar-refractivity contribution is 9.08. The smallest absolute Gasteiger partial charge is 0.263 e. The van der Waals surface area contributed by atoms with Crippen LogP contribution in [0, 0.1) is 5.82 Å². The van der Waals surface area contributed by atoms with Gasteiger partial charge in [0.15, 0.2) is 5.82 Å². The van der Waals surface area contributed by atoms with Crippen molar-refractivity contribution >= 4 is 54.8 Å². The predicted octanol–water partition coefficient (Wildman–Crippen LogP) is 4.83. The summed E-state index contributed by atoms with van der Waals surface area (Å²) in [5.41, 5.74) is 1.35. The molecule has 2 aromatic rings. The lowest BCUT2D eigenvalue weighted by Gasteiger charge is -2.10. The molecule has 0 spiro atoms. The van der Waals surface area contributed by atoms with Crippen LogP contribution in [-0.4, -0.2) is 8.42 Å². The number of benzene rings is 2. The molecule has 112 valence electrons. The van der Waals surface area contributed by atoms with Crippen molar-refractivity contribution in [3.05, 3.63) is 57.8 Å². The highest BCUT2D eigenvalue weighted by atomic mass is 79.9. The summed E-state index contributed by atoms with van der Waals surface area (Å²) >= 11 is 14.6. The highest BCUT2D eigenvalue weighted by Crippen LogP contribution is 2.30. The van der Waals surface area contributed by atoms with Crippen LogP contribution >= 0.6 is 39.1 Å². The van der Waals surface area contributed by atoms with Gasteiger partial charge >= 0.3 is 0 Å². The Hall–Kier alpha value is -0.820. The monoisotopic (exact) mass is 411 g/mol. The van der Waals surface area contributed by atoms with Gasteiger partial charge in [0.2, 0.25) is 0 Å². The molecule has 0 heterocycles. The van der Waals surface area contributed by atoms with Gasteiger partial charge in [-0.25, -0.2) is 12.8 Å². The van der Waals surface area contributed by atoms with E-state index in [-0.39, 0.29) is 9.92 Å². The summed E-state index contributed by atoms with van der Waals surface area (Å²) in [6.07, 6.45) is 0. The Kier molecular flexibility index (Phi) is 5.14. The van der Waals surface area contributed by atoms with Gasteiger partial charge in [0.1, 0.15) is 4.90 Å². The second-order valence-corrected chi connectivity index (χ2v) is 7.11. The van der Waals surface area contributed by atoms with Crippen LogP contribution in [0.25, 0.3) is 0 Å². The fourth-order valence-electron chi connectivity index (χ4n) is 1.59. The van der Waals surface area contributed by atoms with Gasteiger partial charge in [-0.05, 0) is 29.8 Å². The Morgan fingerprint density at radius 3 is 2.29 bits per heavy atom. The van der Waals surface area contributed by atoms with Crippen LogP contribution in [-0.2, 0) is 15.4 Å². The summed E-state index contributed by atoms with van der Waals surface area (Å²) in [6.45, 7) is 0. The van der Waals surface area contributed by atoms with E-state index >= 15 is 0 Å². The van der Waals surface area contributed by atoms with Crippen molar-refractivity contribution in [3.8, 4) is 0 Å². The summed E-state index contributed by atoms with van der Waals surface area (Å²) in [5, 5.41) is -0.110. The molecule has 3 nitrogen and oxygen atoms in total. The minimum atomic E-state index is -4.00. The third kappa shape index (κ3) is 3.69. The van der Waals surface area contributed by atoms with Gasteiger partial charge in [0.25, 0.3) is 10.0 Å². The Morgan fingerprint density at radius 1 is 1.10 bits per heavy atom. The maximum atomic E-state index is 13.6. The van der Waals surface area contributed by atoms with Crippen LogP contribution in [0.1, 0.15) is 5.56 Å². The molecule has 0 bridgehead atoms. The molecule has 8 heteroatoms. The molecule has 0 amide bonds. The number of alkyl halides is 1. The number of nitrogens with one attached hydrogen (secondary N) is 1. The molecule has 2 aromatic carbocycles. The average Bonchev–Trinajstić information content (AvgIpc) is 2.45.